The summed E-state index contributed by atoms with van der Waals surface area (Å²) in [6, 6.07) is 12.0. The molecule has 0 aliphatic rings. The number of carbonyl (C=O) groups is 1. The van der Waals surface area contributed by atoms with Crippen LogP contribution in [0.4, 0.5) is 4.39 Å². The average molecular weight is 371 g/mol. The summed E-state index contributed by atoms with van der Waals surface area (Å²) >= 11 is 1.65. The van der Waals surface area contributed by atoms with Crippen molar-refractivity contribution in [1.29, 1.82) is 0 Å². The number of thioether (sulfide) groups is 1. The molecule has 0 fully saturated rings. The Labute approximate surface area is 154 Å². The molecule has 1 N–H and O–H groups in total. The normalized spacial score (nSPS) is 10.8. The van der Waals surface area contributed by atoms with Gasteiger partial charge in [0.1, 0.15) is 12.4 Å². The molecule has 7 heteroatoms. The molecule has 0 radical (unpaired) electrons. The minimum Gasteiger partial charge on any atom is -0.354 e. The molecule has 0 aliphatic carbocycles. The molecule has 1 aromatic heterocycles. The fourth-order valence-electron chi connectivity index (χ4n) is 2.45. The molecule has 0 saturated carbocycles. The van der Waals surface area contributed by atoms with Gasteiger partial charge in [0.25, 0.3) is 5.56 Å². The van der Waals surface area contributed by atoms with Crippen LogP contribution < -0.4 is 10.9 Å². The first-order valence-corrected chi connectivity index (χ1v) is 9.12. The highest BCUT2D eigenvalue weighted by atomic mass is 32.2. The number of fused-ring (bicyclic) bond motifs is 1. The zero-order chi connectivity index (χ0) is 18.5. The third-order valence-corrected chi connectivity index (χ3v) is 4.83. The van der Waals surface area contributed by atoms with Crippen molar-refractivity contribution in [3.05, 3.63) is 70.5 Å². The van der Waals surface area contributed by atoms with Crippen LogP contribution in [0.1, 0.15) is 5.56 Å². The number of rotatable bonds is 6. The molecular weight excluding hydrogens is 353 g/mol. The Kier molecular flexibility index (Phi) is 5.68. The number of halogens is 1. The van der Waals surface area contributed by atoms with E-state index in [2.05, 4.69) is 10.3 Å². The lowest BCUT2D eigenvalue weighted by molar-refractivity contribution is -0.121. The number of amides is 1. The first-order valence-electron chi connectivity index (χ1n) is 8.14. The molecule has 0 saturated heterocycles. The van der Waals surface area contributed by atoms with Gasteiger partial charge in [-0.25, -0.2) is 9.37 Å². The van der Waals surface area contributed by atoms with Gasteiger partial charge in [0.15, 0.2) is 0 Å². The van der Waals surface area contributed by atoms with Crippen LogP contribution in [0.2, 0.25) is 0 Å². The summed E-state index contributed by atoms with van der Waals surface area (Å²) in [4.78, 5) is 29.6. The lowest BCUT2D eigenvalue weighted by atomic mass is 10.2. The SMILES string of the molecule is Cc1ccc(SCCNC(=O)Cn2cnc3cc(F)ccc3c2=O)cc1. The van der Waals surface area contributed by atoms with Crippen LogP contribution in [0, 0.1) is 12.7 Å². The van der Waals surface area contributed by atoms with Gasteiger partial charge >= 0.3 is 0 Å². The lowest BCUT2D eigenvalue weighted by Gasteiger charge is -2.08. The highest BCUT2D eigenvalue weighted by molar-refractivity contribution is 7.99. The number of nitrogens with one attached hydrogen (secondary N) is 1. The van der Waals surface area contributed by atoms with E-state index in [1.165, 1.54) is 34.7 Å². The Balaban J connectivity index is 1.54. The van der Waals surface area contributed by atoms with Gasteiger partial charge < -0.3 is 5.32 Å². The predicted molar refractivity (Wildman–Crippen MR) is 101 cm³/mol. The number of carbonyl (C=O) groups excluding carboxylic acids is 1. The van der Waals surface area contributed by atoms with E-state index in [0.717, 1.165) is 10.6 Å². The maximum atomic E-state index is 13.2. The van der Waals surface area contributed by atoms with Gasteiger partial charge in [0.2, 0.25) is 5.91 Å². The van der Waals surface area contributed by atoms with Crippen LogP contribution in [0.3, 0.4) is 0 Å². The minimum absolute atomic E-state index is 0.117. The van der Waals surface area contributed by atoms with Gasteiger partial charge in [-0.2, -0.15) is 0 Å². The maximum absolute atomic E-state index is 13.2. The molecule has 2 aromatic carbocycles. The summed E-state index contributed by atoms with van der Waals surface area (Å²) in [7, 11) is 0. The summed E-state index contributed by atoms with van der Waals surface area (Å²) in [5.74, 6) is 0.0182. The van der Waals surface area contributed by atoms with Crippen LogP contribution in [0.5, 0.6) is 0 Å². The standard InChI is InChI=1S/C19H18FN3O2S/c1-13-2-5-15(6-3-13)26-9-8-21-18(24)11-23-12-22-17-10-14(20)4-7-16(17)19(23)25/h2-7,10,12H,8-9,11H2,1H3,(H,21,24). The zero-order valence-electron chi connectivity index (χ0n) is 14.2. The van der Waals surface area contributed by atoms with Crippen LogP contribution in [0.15, 0.2) is 58.5 Å². The number of aromatic nitrogens is 2. The van der Waals surface area contributed by atoms with E-state index in [0.29, 0.717) is 6.54 Å². The monoisotopic (exact) mass is 371 g/mol. The molecule has 5 nitrogen and oxygen atoms in total. The third kappa shape index (κ3) is 4.49. The van der Waals surface area contributed by atoms with Crippen LogP contribution in [0.25, 0.3) is 10.9 Å². The van der Waals surface area contributed by atoms with Gasteiger partial charge in [-0.1, -0.05) is 17.7 Å². The van der Waals surface area contributed by atoms with E-state index in [1.54, 1.807) is 11.8 Å². The van der Waals surface area contributed by atoms with Crippen molar-refractivity contribution in [3.63, 3.8) is 0 Å². The molecule has 3 aromatic rings. The van der Waals surface area contributed by atoms with Gasteiger partial charge in [-0.15, -0.1) is 11.8 Å². The smallest absolute Gasteiger partial charge is 0.261 e. The van der Waals surface area contributed by atoms with E-state index in [-0.39, 0.29) is 28.9 Å². The van der Waals surface area contributed by atoms with E-state index in [4.69, 9.17) is 0 Å². The molecule has 26 heavy (non-hydrogen) atoms. The largest absolute Gasteiger partial charge is 0.354 e. The van der Waals surface area contributed by atoms with Crippen molar-refractivity contribution in [2.45, 2.75) is 18.4 Å². The Morgan fingerprint density at radius 2 is 2.00 bits per heavy atom. The molecular formula is C19H18FN3O2S. The summed E-state index contributed by atoms with van der Waals surface area (Å²) in [6.07, 6.45) is 1.27. The van der Waals surface area contributed by atoms with Crippen LogP contribution in [-0.4, -0.2) is 27.8 Å². The van der Waals surface area contributed by atoms with Crippen molar-refractivity contribution in [3.8, 4) is 0 Å². The van der Waals surface area contributed by atoms with Gasteiger partial charge in [-0.3, -0.25) is 14.2 Å². The molecule has 0 unspecified atom stereocenters. The highest BCUT2D eigenvalue weighted by Gasteiger charge is 2.08. The number of hydrogen-bond donors (Lipinski definition) is 1. The number of aryl methyl sites for hydroxylation is 1. The van der Waals surface area contributed by atoms with Gasteiger partial charge in [0, 0.05) is 23.3 Å². The quantitative estimate of drug-likeness (QED) is 0.535. The second-order valence-corrected chi connectivity index (χ2v) is 7.02. The zero-order valence-corrected chi connectivity index (χ0v) is 15.1. The summed E-state index contributed by atoms with van der Waals surface area (Å²) in [5.41, 5.74) is 1.13. The van der Waals surface area contributed by atoms with Crippen molar-refractivity contribution >= 4 is 28.6 Å². The maximum Gasteiger partial charge on any atom is 0.261 e. The Morgan fingerprint density at radius 1 is 1.23 bits per heavy atom. The molecule has 1 amide bonds. The fraction of sp³-hybridized carbons (Fsp3) is 0.211. The highest BCUT2D eigenvalue weighted by Crippen LogP contribution is 2.17. The van der Waals surface area contributed by atoms with E-state index < -0.39 is 5.82 Å². The van der Waals surface area contributed by atoms with Crippen LogP contribution >= 0.6 is 11.8 Å². The summed E-state index contributed by atoms with van der Waals surface area (Å²) < 4.78 is 14.4. The first-order chi connectivity index (χ1) is 12.5. The predicted octanol–water partition coefficient (Wildman–Crippen LogP) is 2.75. The van der Waals surface area contributed by atoms with Crippen molar-refractivity contribution < 1.29 is 9.18 Å². The van der Waals surface area contributed by atoms with Crippen molar-refractivity contribution in [2.24, 2.45) is 0 Å². The van der Waals surface area contributed by atoms with Crippen molar-refractivity contribution in [2.75, 3.05) is 12.3 Å². The average Bonchev–Trinajstić information content (AvgIpc) is 2.62. The minimum atomic E-state index is -0.453. The molecule has 0 aliphatic heterocycles. The third-order valence-electron chi connectivity index (χ3n) is 3.82. The van der Waals surface area contributed by atoms with E-state index in [9.17, 15) is 14.0 Å². The summed E-state index contributed by atoms with van der Waals surface area (Å²) in [5, 5.41) is 3.08. The number of nitrogens with zero attached hydrogens (tertiary/aromatic N) is 2. The molecule has 3 rings (SSSR count). The molecule has 134 valence electrons. The number of benzene rings is 2. The Bertz CT molecular complexity index is 986. The Hall–Kier alpha value is -2.67. The van der Waals surface area contributed by atoms with E-state index in [1.807, 2.05) is 31.2 Å². The summed E-state index contributed by atoms with van der Waals surface area (Å²) in [6.45, 7) is 2.42. The lowest BCUT2D eigenvalue weighted by Crippen LogP contribution is -2.33. The Morgan fingerprint density at radius 3 is 2.77 bits per heavy atom. The first kappa shape index (κ1) is 18.1. The molecule has 1 heterocycles. The van der Waals surface area contributed by atoms with E-state index >= 15 is 0 Å². The fourth-order valence-corrected chi connectivity index (χ4v) is 3.22. The molecule has 0 atom stereocenters. The second kappa shape index (κ2) is 8.14. The van der Waals surface area contributed by atoms with Gasteiger partial charge in [0.05, 0.1) is 17.2 Å². The topological polar surface area (TPSA) is 64.0 Å². The molecule has 0 spiro atoms. The number of hydrogen-bond acceptors (Lipinski definition) is 4. The van der Waals surface area contributed by atoms with Crippen LogP contribution in [-0.2, 0) is 11.3 Å². The second-order valence-electron chi connectivity index (χ2n) is 5.85. The van der Waals surface area contributed by atoms with Crippen molar-refractivity contribution in [1.82, 2.24) is 14.9 Å². The molecule has 0 bridgehead atoms. The van der Waals surface area contributed by atoms with Gasteiger partial charge in [-0.05, 0) is 31.2 Å².